The molecule has 1 heterocycles. The summed E-state index contributed by atoms with van der Waals surface area (Å²) in [5.41, 5.74) is 35.1. The number of H-pyrrole nitrogens is 1. The maximum absolute atomic E-state index is 12.3. The first-order chi connectivity index (χ1) is 40.4. The van der Waals surface area contributed by atoms with Crippen molar-refractivity contribution in [3.05, 3.63) is 206 Å². The molecular weight excluding hydrogens is 1260 g/mol. The number of nitrogens with one attached hydrogen (secondary N) is 1. The average Bonchev–Trinajstić information content (AvgIpc) is 2.16. The number of benzene rings is 7. The molecule has 468 valence electrons. The van der Waals surface area contributed by atoms with Gasteiger partial charge in [0.05, 0.1) is 56.4 Å². The summed E-state index contributed by atoms with van der Waals surface area (Å²) in [6.45, 7) is 17.8. The van der Waals surface area contributed by atoms with Crippen molar-refractivity contribution in [2.45, 2.75) is 75.1 Å². The molecule has 2 unspecified atom stereocenters. The van der Waals surface area contributed by atoms with Gasteiger partial charge in [-0.05, 0) is 191 Å². The highest BCUT2D eigenvalue weighted by Gasteiger charge is 2.34. The number of aromatic nitrogens is 1. The normalized spacial score (nSPS) is 10.3. The molecule has 87 heavy (non-hydrogen) atoms. The van der Waals surface area contributed by atoms with Crippen LogP contribution in [-0.2, 0) is 17.3 Å². The minimum Gasteiger partial charge on any atom is -0.410 e. The molecule has 0 aliphatic heterocycles. The van der Waals surface area contributed by atoms with E-state index in [1.165, 1.54) is 56.9 Å². The first kappa shape index (κ1) is 76.3. The number of anilines is 4. The van der Waals surface area contributed by atoms with E-state index < -0.39 is 37.1 Å². The molecule has 8 rings (SSSR count). The zero-order valence-corrected chi connectivity index (χ0v) is 56.8. The van der Waals surface area contributed by atoms with Gasteiger partial charge in [0.25, 0.3) is 0 Å². The summed E-state index contributed by atoms with van der Waals surface area (Å²) >= 11 is 18.2. The van der Waals surface area contributed by atoms with Crippen LogP contribution < -0.4 is 37.3 Å². The van der Waals surface area contributed by atoms with Gasteiger partial charge in [-0.15, -0.1) is 0 Å². The molecule has 25 heteroatoms. The van der Waals surface area contributed by atoms with E-state index in [0.29, 0.717) is 50.5 Å². The van der Waals surface area contributed by atoms with E-state index in [2.05, 4.69) is 35.0 Å². The number of halogens is 6. The second kappa shape index (κ2) is 36.5. The van der Waals surface area contributed by atoms with Crippen LogP contribution >= 0.6 is 71.5 Å². The lowest BCUT2D eigenvalue weighted by molar-refractivity contribution is -0.137. The summed E-state index contributed by atoms with van der Waals surface area (Å²) in [7, 11) is 11.2. The van der Waals surface area contributed by atoms with Crippen molar-refractivity contribution in [2.24, 2.45) is 0 Å². The topological polar surface area (TPSA) is 239 Å². The lowest BCUT2D eigenvalue weighted by Gasteiger charge is -2.14. The molecule has 0 radical (unpaired) electrons. The van der Waals surface area contributed by atoms with Gasteiger partial charge in [0.15, 0.2) is 0 Å². The lowest BCUT2D eigenvalue weighted by atomic mass is 10.1. The maximum atomic E-state index is 12.3. The second-order valence-corrected chi connectivity index (χ2v) is 28.0. The molecule has 0 fully saturated rings. The molecular formula is C62H74Cl3F3N7O8P3S. The predicted octanol–water partition coefficient (Wildman–Crippen LogP) is 17.0. The molecule has 1 aromatic heterocycles. The smallest absolute Gasteiger partial charge is 0.410 e. The van der Waals surface area contributed by atoms with E-state index in [1.807, 2.05) is 91.8 Å². The van der Waals surface area contributed by atoms with Gasteiger partial charge in [0.2, 0.25) is 0 Å². The zero-order valence-electron chi connectivity index (χ0n) is 50.5. The third-order valence-corrected chi connectivity index (χ3v) is 14.6. The van der Waals surface area contributed by atoms with Crippen LogP contribution in [0.5, 0.6) is 11.5 Å². The van der Waals surface area contributed by atoms with Crippen molar-refractivity contribution >= 4 is 129 Å². The molecule has 0 spiro atoms. The number of nitrogens with two attached hydrogens (primary N) is 4. The van der Waals surface area contributed by atoms with Crippen molar-refractivity contribution in [3.63, 3.8) is 0 Å². The van der Waals surface area contributed by atoms with Crippen molar-refractivity contribution in [3.8, 4) is 11.5 Å². The number of alkyl halides is 3. The van der Waals surface area contributed by atoms with Crippen LogP contribution in [-0.4, -0.2) is 67.7 Å². The Labute approximate surface area is 531 Å². The van der Waals surface area contributed by atoms with E-state index in [0.717, 1.165) is 73.6 Å². The molecule has 0 bridgehead atoms. The largest absolute Gasteiger partial charge is 0.418 e. The van der Waals surface area contributed by atoms with Crippen LogP contribution in [0.1, 0.15) is 81.9 Å². The highest BCUT2D eigenvalue weighted by atomic mass is 35.5. The van der Waals surface area contributed by atoms with E-state index in [9.17, 15) is 37.1 Å². The van der Waals surface area contributed by atoms with Gasteiger partial charge in [-0.3, -0.25) is 14.4 Å². The van der Waals surface area contributed by atoms with E-state index in [1.54, 1.807) is 70.7 Å². The molecule has 0 saturated heterocycles. The predicted molar refractivity (Wildman–Crippen MR) is 363 cm³/mol. The molecule has 8 aromatic rings. The Morgan fingerprint density at radius 2 is 1.03 bits per heavy atom. The number of thiazole rings is 1. The quantitative estimate of drug-likeness (QED) is 0.0569. The van der Waals surface area contributed by atoms with Crippen LogP contribution in [0.2, 0.25) is 15.1 Å². The number of amides is 2. The summed E-state index contributed by atoms with van der Waals surface area (Å²) in [4.78, 5) is 60.1. The Balaban J connectivity index is 0.000000350. The fourth-order valence-corrected chi connectivity index (χ4v) is 9.57. The SMILES string of the molecule is Cc1cc(C=O)cc(C=O)c1.Cc1cc(Cl)c(N)c(C(F)(F)F)c1.Cc1cc(Cl)c(N)c(Cl)c1.Cc1cc(N)cc(COP(P)P)c1.Cc1cc(OC(=O)N(C)C)cc(OC(=O)N(C)C)c1.Cc1ccc(C)c(N)c1.Cc1ccc(C)c2sc(=O)[nH]c12. The Hall–Kier alpha value is -6.78. The third-order valence-electron chi connectivity index (χ3n) is 11.3. The van der Waals surface area contributed by atoms with Gasteiger partial charge in [-0.25, -0.2) is 9.59 Å². The molecule has 0 saturated carbocycles. The fourth-order valence-electron chi connectivity index (χ4n) is 7.07. The molecule has 9 N–H and O–H groups in total. The Bertz CT molecular complexity index is 3550. The van der Waals surface area contributed by atoms with Gasteiger partial charge in [0, 0.05) is 56.8 Å². The highest BCUT2D eigenvalue weighted by Crippen LogP contribution is 2.54. The third kappa shape index (κ3) is 27.9. The van der Waals surface area contributed by atoms with Gasteiger partial charge in [0.1, 0.15) is 24.1 Å². The Morgan fingerprint density at radius 1 is 0.586 bits per heavy atom. The number of fused-ring (bicyclic) bond motifs is 1. The number of carbonyl (C=O) groups is 4. The van der Waals surface area contributed by atoms with Crippen molar-refractivity contribution in [1.82, 2.24) is 14.8 Å². The number of hydrogen-bond acceptors (Lipinski definition) is 13. The summed E-state index contributed by atoms with van der Waals surface area (Å²) in [6.07, 6.45) is -3.95. The highest BCUT2D eigenvalue weighted by molar-refractivity contribution is 8.41. The van der Waals surface area contributed by atoms with Crippen LogP contribution in [0, 0.1) is 62.3 Å². The van der Waals surface area contributed by atoms with E-state index in [4.69, 9.17) is 71.7 Å². The van der Waals surface area contributed by atoms with Crippen molar-refractivity contribution in [2.75, 3.05) is 51.1 Å². The van der Waals surface area contributed by atoms with Crippen LogP contribution in [0.15, 0.2) is 114 Å². The van der Waals surface area contributed by atoms with Gasteiger partial charge in [-0.2, -0.15) is 13.2 Å². The minimum atomic E-state index is -4.44. The Kier molecular flexibility index (Phi) is 32.0. The lowest BCUT2D eigenvalue weighted by Crippen LogP contribution is -2.26. The summed E-state index contributed by atoms with van der Waals surface area (Å²) in [6, 6.07) is 32.0. The monoisotopic (exact) mass is 1330 g/mol. The molecule has 7 aromatic carbocycles. The standard InChI is InChI=1S/C13H18N2O4.C9H9NOS.C9H8O2.C8H7ClF3N.C8H14NOP3.C8H11N.C7H7Cl2N/c1-9-6-10(18-12(16)14(2)3)8-11(7-9)19-13(17)15(4)5;1-5-3-4-6(2)8-7(5)10-9(11)12-8;1-7-2-8(5-10)4-9(3-7)6-11;1-4-2-5(8(10,11)12)7(13)6(9)3-4;1-6-2-7(4-8(9)3-6)5-10-13(11)12;1-6-3-4-7(2)8(9)5-6;1-4-2-5(8)7(10)6(9)3-4/h6-8H,1-5H3;3-4H,1-2H3,(H,10,11);2-6H,1H3;2-3H,13H2,1H3;2-4H,5,9,11-12H2,1H3;3-5H,9H2,1-2H3;2-3H,10H2,1H3. The Morgan fingerprint density at radius 3 is 1.47 bits per heavy atom. The van der Waals surface area contributed by atoms with Crippen LogP contribution in [0.4, 0.5) is 45.5 Å². The first-order valence-electron chi connectivity index (χ1n) is 25.9. The van der Waals surface area contributed by atoms with E-state index >= 15 is 0 Å². The summed E-state index contributed by atoms with van der Waals surface area (Å²) in [5, 5.41) is 0.974. The van der Waals surface area contributed by atoms with Crippen molar-refractivity contribution < 1.29 is 46.3 Å². The number of aromatic amines is 1. The number of hydrogen-bond donors (Lipinski definition) is 5. The zero-order chi connectivity index (χ0) is 66.2. The fraction of sp³-hybridized carbons (Fsp3) is 0.242. The molecule has 15 nitrogen and oxygen atoms in total. The summed E-state index contributed by atoms with van der Waals surface area (Å²) < 4.78 is 53.6. The molecule has 2 atom stereocenters. The van der Waals surface area contributed by atoms with Gasteiger partial charge < -0.3 is 51.7 Å². The number of ether oxygens (including phenoxy) is 2. The second-order valence-electron chi connectivity index (χ2n) is 19.9. The van der Waals surface area contributed by atoms with Gasteiger partial charge >= 0.3 is 23.2 Å². The average molecular weight is 1330 g/mol. The minimum absolute atomic E-state index is 0.0300. The molecule has 0 aliphatic rings. The maximum Gasteiger partial charge on any atom is 0.418 e. The number of carbonyl (C=O) groups excluding carboxylic acids is 4. The number of aldehydes is 2. The van der Waals surface area contributed by atoms with Crippen LogP contribution in [0.25, 0.3) is 10.2 Å². The number of rotatable bonds is 7. The van der Waals surface area contributed by atoms with Gasteiger partial charge in [-0.1, -0.05) is 94.3 Å². The number of aryl methyl sites for hydroxylation is 9. The summed E-state index contributed by atoms with van der Waals surface area (Å²) in [5.74, 6) is 0.667. The first-order valence-corrected chi connectivity index (χ1v) is 32.4. The van der Waals surface area contributed by atoms with Crippen LogP contribution in [0.3, 0.4) is 0 Å². The molecule has 2 amide bonds. The van der Waals surface area contributed by atoms with E-state index in [-0.39, 0.29) is 9.90 Å². The molecule has 0 aliphatic carbocycles. The van der Waals surface area contributed by atoms with Crippen molar-refractivity contribution in [1.29, 1.82) is 0 Å². The number of nitrogen functional groups attached to an aromatic ring is 4. The number of nitrogens with zero attached hydrogens (tertiary/aromatic N) is 2.